The van der Waals surface area contributed by atoms with Crippen LogP contribution >= 0.6 is 11.8 Å². The van der Waals surface area contributed by atoms with Crippen molar-refractivity contribution in [2.45, 2.75) is 57.4 Å². The van der Waals surface area contributed by atoms with Crippen molar-refractivity contribution in [3.8, 4) is 6.07 Å². The van der Waals surface area contributed by atoms with Crippen molar-refractivity contribution in [2.24, 2.45) is 0 Å². The number of hydrogen-bond acceptors (Lipinski definition) is 5. The molecule has 0 bridgehead atoms. The van der Waals surface area contributed by atoms with Crippen LogP contribution in [-0.2, 0) is 0 Å². The Bertz CT molecular complexity index is 513. The summed E-state index contributed by atoms with van der Waals surface area (Å²) in [7, 11) is 0. The molecule has 0 aromatic carbocycles. The molecule has 0 aliphatic heterocycles. The van der Waals surface area contributed by atoms with Crippen LogP contribution in [0.25, 0.3) is 0 Å². The molecule has 2 N–H and O–H groups in total. The molecule has 0 fully saturated rings. The molecule has 19 heavy (non-hydrogen) atoms. The van der Waals surface area contributed by atoms with Crippen LogP contribution in [0.2, 0.25) is 0 Å². The van der Waals surface area contributed by atoms with Gasteiger partial charge in [-0.15, -0.1) is 5.10 Å². The molecule has 0 aliphatic carbocycles. The maximum absolute atomic E-state index is 11.6. The summed E-state index contributed by atoms with van der Waals surface area (Å²) in [5, 5.41) is 19.6. The summed E-state index contributed by atoms with van der Waals surface area (Å²) in [4.78, 5) is 11.6. The third-order valence-electron chi connectivity index (χ3n) is 2.53. The first-order chi connectivity index (χ1) is 8.79. The quantitative estimate of drug-likeness (QED) is 0.773. The molecule has 7 heteroatoms. The normalized spacial score (nSPS) is 14.6. The Morgan fingerprint density at radius 3 is 2.63 bits per heavy atom. The fourth-order valence-electron chi connectivity index (χ4n) is 1.80. The molecule has 0 spiro atoms. The Morgan fingerprint density at radius 1 is 1.53 bits per heavy atom. The van der Waals surface area contributed by atoms with E-state index in [4.69, 9.17) is 0 Å². The van der Waals surface area contributed by atoms with E-state index in [-0.39, 0.29) is 17.8 Å². The molecule has 0 radical (unpaired) electrons. The molecule has 1 rings (SSSR count). The largest absolute Gasteiger partial charge is 0.344 e. The number of nitriles is 1. The van der Waals surface area contributed by atoms with Crippen molar-refractivity contribution in [3.05, 3.63) is 10.5 Å². The van der Waals surface area contributed by atoms with E-state index in [1.165, 1.54) is 11.8 Å². The van der Waals surface area contributed by atoms with Crippen molar-refractivity contribution in [1.82, 2.24) is 20.1 Å². The van der Waals surface area contributed by atoms with E-state index in [9.17, 15) is 10.1 Å². The van der Waals surface area contributed by atoms with Gasteiger partial charge in [0.25, 0.3) is 0 Å². The molecular formula is C12H21N5OS. The fourth-order valence-corrected chi connectivity index (χ4v) is 2.91. The average Bonchev–Trinajstić information content (AvgIpc) is 2.67. The van der Waals surface area contributed by atoms with Gasteiger partial charge in [0.1, 0.15) is 5.54 Å². The molecule has 0 saturated carbocycles. The maximum Gasteiger partial charge on any atom is 0.344 e. The Hall–Kier alpha value is -1.26. The van der Waals surface area contributed by atoms with Crippen molar-refractivity contribution in [2.75, 3.05) is 5.75 Å². The summed E-state index contributed by atoms with van der Waals surface area (Å²) in [5.74, 6) is 0.526. The minimum absolute atomic E-state index is 0.0418. The zero-order chi connectivity index (χ0) is 14.6. The number of aromatic amines is 1. The van der Waals surface area contributed by atoms with Gasteiger partial charge < -0.3 is 0 Å². The van der Waals surface area contributed by atoms with Gasteiger partial charge in [0.2, 0.25) is 0 Å². The first-order valence-electron chi connectivity index (χ1n) is 6.27. The van der Waals surface area contributed by atoms with E-state index in [0.717, 1.165) is 0 Å². The van der Waals surface area contributed by atoms with Gasteiger partial charge >= 0.3 is 5.69 Å². The highest BCUT2D eigenvalue weighted by atomic mass is 32.2. The molecule has 1 heterocycles. The molecule has 106 valence electrons. The van der Waals surface area contributed by atoms with Gasteiger partial charge in [-0.3, -0.25) is 9.88 Å². The molecular weight excluding hydrogens is 262 g/mol. The van der Waals surface area contributed by atoms with Crippen LogP contribution in [0.4, 0.5) is 0 Å². The highest BCUT2D eigenvalue weighted by molar-refractivity contribution is 7.99. The summed E-state index contributed by atoms with van der Waals surface area (Å²) in [5.41, 5.74) is -0.858. The van der Waals surface area contributed by atoms with Gasteiger partial charge in [-0.05, 0) is 34.6 Å². The molecule has 1 aromatic heterocycles. The highest BCUT2D eigenvalue weighted by Gasteiger charge is 2.26. The second kappa shape index (κ2) is 6.26. The molecule has 0 aliphatic rings. The van der Waals surface area contributed by atoms with Gasteiger partial charge in [0, 0.05) is 17.8 Å². The van der Waals surface area contributed by atoms with Crippen LogP contribution in [0.5, 0.6) is 0 Å². The van der Waals surface area contributed by atoms with Crippen LogP contribution < -0.4 is 11.0 Å². The van der Waals surface area contributed by atoms with Crippen molar-refractivity contribution < 1.29 is 0 Å². The van der Waals surface area contributed by atoms with E-state index in [1.807, 2.05) is 34.6 Å². The Balaban J connectivity index is 2.82. The van der Waals surface area contributed by atoms with Gasteiger partial charge in [-0.25, -0.2) is 9.89 Å². The number of nitrogens with one attached hydrogen (secondary N) is 2. The Labute approximate surface area is 117 Å². The van der Waals surface area contributed by atoms with Crippen LogP contribution in [0.15, 0.2) is 9.95 Å². The lowest BCUT2D eigenvalue weighted by atomic mass is 10.1. The first-order valence-corrected chi connectivity index (χ1v) is 7.26. The predicted octanol–water partition coefficient (Wildman–Crippen LogP) is 1.52. The molecule has 0 saturated heterocycles. The summed E-state index contributed by atoms with van der Waals surface area (Å²) in [6.45, 7) is 9.70. The minimum Gasteiger partial charge on any atom is -0.297 e. The van der Waals surface area contributed by atoms with Gasteiger partial charge in [0.05, 0.1) is 6.07 Å². The third-order valence-corrected chi connectivity index (χ3v) is 3.80. The lowest BCUT2D eigenvalue weighted by Gasteiger charge is -2.25. The lowest BCUT2D eigenvalue weighted by Crippen LogP contribution is -2.47. The van der Waals surface area contributed by atoms with Crippen molar-refractivity contribution in [3.63, 3.8) is 0 Å². The number of nitrogens with zero attached hydrogens (tertiary/aromatic N) is 3. The number of thioether (sulfide) groups is 1. The molecule has 1 aromatic rings. The molecule has 6 nitrogen and oxygen atoms in total. The minimum atomic E-state index is -0.643. The van der Waals surface area contributed by atoms with Crippen LogP contribution in [0, 0.1) is 11.3 Å². The number of H-pyrrole nitrogens is 1. The van der Waals surface area contributed by atoms with Gasteiger partial charge in [0.15, 0.2) is 5.16 Å². The second-order valence-corrected chi connectivity index (χ2v) is 6.25. The maximum atomic E-state index is 11.6. The first kappa shape index (κ1) is 15.8. The van der Waals surface area contributed by atoms with E-state index < -0.39 is 5.54 Å². The number of hydrogen-bond donors (Lipinski definition) is 2. The topological polar surface area (TPSA) is 86.5 Å². The number of rotatable bonds is 6. The SMILES string of the molecule is CC(C)NC(C)(C#N)CSc1n[nH]c(=O)n1C(C)C. The Morgan fingerprint density at radius 2 is 2.16 bits per heavy atom. The van der Waals surface area contributed by atoms with E-state index in [1.54, 1.807) is 4.57 Å². The lowest BCUT2D eigenvalue weighted by molar-refractivity contribution is 0.442. The van der Waals surface area contributed by atoms with Gasteiger partial charge in [-0.2, -0.15) is 5.26 Å². The molecule has 0 amide bonds. The van der Waals surface area contributed by atoms with Crippen molar-refractivity contribution >= 4 is 11.8 Å². The summed E-state index contributed by atoms with van der Waals surface area (Å²) in [6.07, 6.45) is 0. The Kier molecular flexibility index (Phi) is 5.20. The van der Waals surface area contributed by atoms with Crippen LogP contribution in [0.3, 0.4) is 0 Å². The van der Waals surface area contributed by atoms with Gasteiger partial charge in [-0.1, -0.05) is 11.8 Å². The average molecular weight is 283 g/mol. The molecule has 1 atom stereocenters. The zero-order valence-corrected chi connectivity index (χ0v) is 12.8. The monoisotopic (exact) mass is 283 g/mol. The second-order valence-electron chi connectivity index (χ2n) is 5.31. The predicted molar refractivity (Wildman–Crippen MR) is 76.2 cm³/mol. The smallest absolute Gasteiger partial charge is 0.297 e. The summed E-state index contributed by atoms with van der Waals surface area (Å²) < 4.78 is 1.60. The number of aromatic nitrogens is 3. The van der Waals surface area contributed by atoms with E-state index in [0.29, 0.717) is 10.9 Å². The van der Waals surface area contributed by atoms with Crippen LogP contribution in [-0.4, -0.2) is 32.1 Å². The summed E-state index contributed by atoms with van der Waals surface area (Å²) in [6, 6.07) is 2.54. The van der Waals surface area contributed by atoms with Crippen molar-refractivity contribution in [1.29, 1.82) is 5.26 Å². The zero-order valence-electron chi connectivity index (χ0n) is 12.0. The molecule has 1 unspecified atom stereocenters. The summed E-state index contributed by atoms with van der Waals surface area (Å²) >= 11 is 1.41. The van der Waals surface area contributed by atoms with E-state index in [2.05, 4.69) is 21.6 Å². The fraction of sp³-hybridized carbons (Fsp3) is 0.750. The standard InChI is InChI=1S/C12H21N5OS/c1-8(2)14-12(5,6-13)7-19-11-16-15-10(18)17(11)9(3)4/h8-9,14H,7H2,1-5H3,(H,15,18). The van der Waals surface area contributed by atoms with Crippen LogP contribution in [0.1, 0.15) is 40.7 Å². The highest BCUT2D eigenvalue weighted by Crippen LogP contribution is 2.21. The van der Waals surface area contributed by atoms with E-state index >= 15 is 0 Å². The third kappa shape index (κ3) is 4.11.